The van der Waals surface area contributed by atoms with E-state index in [9.17, 15) is 9.59 Å². The maximum atomic E-state index is 14.3. The number of rotatable bonds is 7. The van der Waals surface area contributed by atoms with Crippen LogP contribution in [0.15, 0.2) is 58.9 Å². The van der Waals surface area contributed by atoms with Gasteiger partial charge in [-0.15, -0.1) is 0 Å². The smallest absolute Gasteiger partial charge is 0.315 e. The van der Waals surface area contributed by atoms with Gasteiger partial charge < -0.3 is 9.72 Å². The highest BCUT2D eigenvalue weighted by atomic mass is 16.5. The van der Waals surface area contributed by atoms with Gasteiger partial charge in [-0.1, -0.05) is 55.5 Å². The molecule has 214 valence electrons. The first-order valence-corrected chi connectivity index (χ1v) is 15.5. The summed E-state index contributed by atoms with van der Waals surface area (Å²) in [6.07, 6.45) is 9.97. The minimum atomic E-state index is -0.584. The lowest BCUT2D eigenvalue weighted by Gasteiger charge is -2.38. The zero-order valence-corrected chi connectivity index (χ0v) is 24.9. The average Bonchev–Trinajstić information content (AvgIpc) is 3.63. The molecule has 3 unspecified atom stereocenters. The van der Waals surface area contributed by atoms with Gasteiger partial charge in [-0.25, -0.2) is 0 Å². The Morgan fingerprint density at radius 3 is 2.54 bits per heavy atom. The van der Waals surface area contributed by atoms with Gasteiger partial charge in [-0.3, -0.25) is 14.6 Å². The van der Waals surface area contributed by atoms with E-state index < -0.39 is 11.8 Å². The molecule has 3 aromatic rings. The number of H-pyrrole nitrogens is 1. The summed E-state index contributed by atoms with van der Waals surface area (Å²) >= 11 is 0. The minimum absolute atomic E-state index is 0.0875. The maximum absolute atomic E-state index is 14.3. The number of carbonyl (C=O) groups is 2. The Morgan fingerprint density at radius 1 is 1.05 bits per heavy atom. The number of aromatic nitrogens is 1. The van der Waals surface area contributed by atoms with E-state index in [1.165, 1.54) is 47.9 Å². The summed E-state index contributed by atoms with van der Waals surface area (Å²) in [5.41, 5.74) is 9.52. The largest absolute Gasteiger partial charge is 0.465 e. The van der Waals surface area contributed by atoms with E-state index in [0.717, 1.165) is 46.3 Å². The van der Waals surface area contributed by atoms with Crippen LogP contribution in [0.2, 0.25) is 0 Å². The van der Waals surface area contributed by atoms with Gasteiger partial charge in [0.1, 0.15) is 5.92 Å². The molecule has 3 atom stereocenters. The molecular weight excluding hydrogens is 508 g/mol. The normalized spacial score (nSPS) is 23.2. The van der Waals surface area contributed by atoms with Gasteiger partial charge in [0.05, 0.1) is 6.61 Å². The zero-order valence-electron chi connectivity index (χ0n) is 24.9. The number of nitrogens with zero attached hydrogens (tertiary/aromatic N) is 1. The van der Waals surface area contributed by atoms with Crippen molar-refractivity contribution in [2.75, 3.05) is 6.61 Å². The second-order valence-electron chi connectivity index (χ2n) is 12.5. The number of Topliss-reactive ketones (excluding diaryl/α,β-unsaturated/α-hetero) is 1. The summed E-state index contributed by atoms with van der Waals surface area (Å²) < 4.78 is 5.72. The summed E-state index contributed by atoms with van der Waals surface area (Å²) in [6.45, 7) is 8.60. The van der Waals surface area contributed by atoms with Crippen LogP contribution in [0.1, 0.15) is 97.9 Å². The molecule has 0 spiro atoms. The molecule has 2 heterocycles. The molecule has 6 rings (SSSR count). The van der Waals surface area contributed by atoms with Crippen molar-refractivity contribution in [1.82, 2.24) is 4.98 Å². The van der Waals surface area contributed by atoms with Gasteiger partial charge >= 0.3 is 5.97 Å². The summed E-state index contributed by atoms with van der Waals surface area (Å²) in [5.74, 6) is -0.360. The fourth-order valence-corrected chi connectivity index (χ4v) is 8.09. The Kier molecular flexibility index (Phi) is 7.72. The number of aliphatic imine (C=N–C) groups is 1. The minimum Gasteiger partial charge on any atom is -0.465 e. The SMILES string of the molecule is CCOC(=O)C1C(CCC2CCCC2)=NC2=C(C(=O)CC(c3c(C)cc(C)cc3C)C2)C1c1cccc2[nH]ccc12. The maximum Gasteiger partial charge on any atom is 0.315 e. The first-order valence-electron chi connectivity index (χ1n) is 15.5. The third kappa shape index (κ3) is 5.20. The van der Waals surface area contributed by atoms with Crippen molar-refractivity contribution < 1.29 is 14.3 Å². The molecular formula is C36H42N2O3. The van der Waals surface area contributed by atoms with Crippen molar-refractivity contribution >= 4 is 28.4 Å². The van der Waals surface area contributed by atoms with Crippen molar-refractivity contribution in [3.8, 4) is 0 Å². The molecule has 2 aromatic carbocycles. The predicted molar refractivity (Wildman–Crippen MR) is 164 cm³/mol. The lowest BCUT2D eigenvalue weighted by molar-refractivity contribution is -0.146. The number of carbonyl (C=O) groups excluding carboxylic acids is 2. The number of aryl methyl sites for hydroxylation is 3. The van der Waals surface area contributed by atoms with Gasteiger partial charge in [-0.05, 0) is 93.2 Å². The third-order valence-corrected chi connectivity index (χ3v) is 9.70. The molecule has 0 bridgehead atoms. The number of allylic oxidation sites excluding steroid dienone is 2. The Morgan fingerprint density at radius 2 is 1.80 bits per heavy atom. The number of esters is 1. The van der Waals surface area contributed by atoms with Crippen LogP contribution >= 0.6 is 0 Å². The number of benzene rings is 2. The molecule has 0 saturated heterocycles. The van der Waals surface area contributed by atoms with Crippen LogP contribution in [0.25, 0.3) is 10.9 Å². The van der Waals surface area contributed by atoms with Crippen LogP contribution in [-0.2, 0) is 14.3 Å². The van der Waals surface area contributed by atoms with Crippen LogP contribution in [0.3, 0.4) is 0 Å². The standard InChI is InChI=1S/C36H42N2O3/c1-5-41-36(40)35-29(14-13-24-9-6-7-10-24)38-30-19-25(32-22(3)17-21(2)18-23(32)4)20-31(39)34(30)33(35)27-11-8-12-28-26(27)15-16-37-28/h8,11-12,15-18,24-25,33,35,37H,5-7,9-10,13-14,19-20H2,1-4H3. The van der Waals surface area contributed by atoms with Gasteiger partial charge in [0.2, 0.25) is 0 Å². The highest BCUT2D eigenvalue weighted by molar-refractivity contribution is 6.10. The molecule has 5 heteroatoms. The summed E-state index contributed by atoms with van der Waals surface area (Å²) in [5, 5.41) is 1.05. The second kappa shape index (κ2) is 11.4. The Balaban J connectivity index is 1.49. The number of nitrogens with one attached hydrogen (secondary N) is 1. The van der Waals surface area contributed by atoms with E-state index in [1.54, 1.807) is 0 Å². The monoisotopic (exact) mass is 550 g/mol. The lowest BCUT2D eigenvalue weighted by atomic mass is 9.67. The summed E-state index contributed by atoms with van der Waals surface area (Å²) in [7, 11) is 0. The second-order valence-corrected chi connectivity index (χ2v) is 12.5. The van der Waals surface area contributed by atoms with Crippen molar-refractivity contribution in [1.29, 1.82) is 0 Å². The molecule has 1 aliphatic heterocycles. The highest BCUT2D eigenvalue weighted by Gasteiger charge is 2.46. The summed E-state index contributed by atoms with van der Waals surface area (Å²) in [4.78, 5) is 36.7. The fourth-order valence-electron chi connectivity index (χ4n) is 8.09. The van der Waals surface area contributed by atoms with Gasteiger partial charge in [0.25, 0.3) is 0 Å². The van der Waals surface area contributed by atoms with E-state index in [2.05, 4.69) is 50.0 Å². The number of hydrogen-bond acceptors (Lipinski definition) is 4. The van der Waals surface area contributed by atoms with Crippen molar-refractivity contribution in [3.63, 3.8) is 0 Å². The number of aromatic amines is 1. The quantitative estimate of drug-likeness (QED) is 0.302. The van der Waals surface area contributed by atoms with Crippen LogP contribution in [-0.4, -0.2) is 29.1 Å². The van der Waals surface area contributed by atoms with Gasteiger partial charge in [0.15, 0.2) is 5.78 Å². The van der Waals surface area contributed by atoms with E-state index in [4.69, 9.17) is 9.73 Å². The number of hydrogen-bond donors (Lipinski definition) is 1. The van der Waals surface area contributed by atoms with Crippen molar-refractivity contribution in [3.05, 3.63) is 81.7 Å². The number of ether oxygens (including phenoxy) is 1. The van der Waals surface area contributed by atoms with E-state index in [1.807, 2.05) is 25.3 Å². The first-order chi connectivity index (χ1) is 19.9. The van der Waals surface area contributed by atoms with Crippen LogP contribution in [0.4, 0.5) is 0 Å². The Labute approximate surface area is 243 Å². The van der Waals surface area contributed by atoms with Crippen LogP contribution < -0.4 is 0 Å². The average molecular weight is 551 g/mol. The van der Waals surface area contributed by atoms with E-state index in [0.29, 0.717) is 25.4 Å². The number of fused-ring (bicyclic) bond motifs is 1. The molecule has 1 saturated carbocycles. The molecule has 3 aliphatic rings. The van der Waals surface area contributed by atoms with E-state index >= 15 is 0 Å². The van der Waals surface area contributed by atoms with Gasteiger partial charge in [-0.2, -0.15) is 0 Å². The molecule has 1 fully saturated rings. The molecule has 0 radical (unpaired) electrons. The zero-order chi connectivity index (χ0) is 28.7. The molecule has 0 amide bonds. The van der Waals surface area contributed by atoms with Gasteiger partial charge in [0, 0.05) is 46.4 Å². The van der Waals surface area contributed by atoms with Crippen molar-refractivity contribution in [2.45, 2.75) is 90.9 Å². The number of ketones is 1. The molecule has 1 N–H and O–H groups in total. The van der Waals surface area contributed by atoms with E-state index in [-0.39, 0.29) is 17.7 Å². The Hall–Kier alpha value is -3.47. The fraction of sp³-hybridized carbons (Fsp3) is 0.472. The lowest BCUT2D eigenvalue weighted by Crippen LogP contribution is -2.39. The highest BCUT2D eigenvalue weighted by Crippen LogP contribution is 2.49. The predicted octanol–water partition coefficient (Wildman–Crippen LogP) is 8.18. The molecule has 5 nitrogen and oxygen atoms in total. The molecule has 2 aliphatic carbocycles. The van der Waals surface area contributed by atoms with Crippen molar-refractivity contribution in [2.24, 2.45) is 16.8 Å². The van der Waals surface area contributed by atoms with Crippen LogP contribution in [0, 0.1) is 32.6 Å². The summed E-state index contributed by atoms with van der Waals surface area (Å²) in [6, 6.07) is 12.7. The molecule has 1 aromatic heterocycles. The third-order valence-electron chi connectivity index (χ3n) is 9.70. The Bertz CT molecular complexity index is 1530. The topological polar surface area (TPSA) is 71.5 Å². The van der Waals surface area contributed by atoms with Crippen LogP contribution in [0.5, 0.6) is 0 Å². The first kappa shape index (κ1) is 27.7. The molecule has 41 heavy (non-hydrogen) atoms.